The van der Waals surface area contributed by atoms with Crippen LogP contribution in [0.15, 0.2) is 0 Å². The number of carbonyl (C=O) groups excluding carboxylic acids is 1. The second kappa shape index (κ2) is 6.45. The summed E-state index contributed by atoms with van der Waals surface area (Å²) in [6, 6.07) is 0.230. The summed E-state index contributed by atoms with van der Waals surface area (Å²) in [5.74, 6) is 0.373. The van der Waals surface area contributed by atoms with Crippen LogP contribution in [0, 0.1) is 11.8 Å². The van der Waals surface area contributed by atoms with E-state index in [4.69, 9.17) is 4.74 Å². The Balaban J connectivity index is 1.50. The molecule has 2 saturated heterocycles. The van der Waals surface area contributed by atoms with Crippen LogP contribution in [0.5, 0.6) is 0 Å². The van der Waals surface area contributed by atoms with E-state index in [1.54, 1.807) is 6.92 Å². The highest BCUT2D eigenvalue weighted by Crippen LogP contribution is 2.39. The van der Waals surface area contributed by atoms with Crippen molar-refractivity contribution >= 4 is 15.9 Å². The van der Waals surface area contributed by atoms with Crippen molar-refractivity contribution in [1.29, 1.82) is 0 Å². The largest absolute Gasteiger partial charge is 0.378 e. The van der Waals surface area contributed by atoms with Gasteiger partial charge in [0.2, 0.25) is 15.9 Å². The molecule has 0 bridgehead atoms. The van der Waals surface area contributed by atoms with Crippen LogP contribution in [0.1, 0.15) is 39.0 Å². The Morgan fingerprint density at radius 3 is 2.82 bits per heavy atom. The van der Waals surface area contributed by atoms with Crippen LogP contribution in [0.2, 0.25) is 0 Å². The average Bonchev–Trinajstić information content (AvgIpc) is 3.07. The van der Waals surface area contributed by atoms with Crippen molar-refractivity contribution < 1.29 is 17.9 Å². The van der Waals surface area contributed by atoms with Crippen LogP contribution in [-0.2, 0) is 19.6 Å². The highest BCUT2D eigenvalue weighted by Gasteiger charge is 2.46. The van der Waals surface area contributed by atoms with Gasteiger partial charge in [0.15, 0.2) is 0 Å². The molecule has 3 fully saturated rings. The Morgan fingerprint density at radius 2 is 2.14 bits per heavy atom. The number of carbonyl (C=O) groups is 1. The molecule has 3 aliphatic rings. The molecule has 0 aromatic carbocycles. The summed E-state index contributed by atoms with van der Waals surface area (Å²) >= 11 is 0. The summed E-state index contributed by atoms with van der Waals surface area (Å²) in [6.07, 6.45) is 5.07. The number of nitrogens with zero attached hydrogens (tertiary/aromatic N) is 1. The molecule has 3 rings (SSSR count). The van der Waals surface area contributed by atoms with Gasteiger partial charge in [-0.3, -0.25) is 4.79 Å². The summed E-state index contributed by atoms with van der Waals surface area (Å²) in [5, 5.41) is 3.10. The first-order valence-corrected chi connectivity index (χ1v) is 10.0. The van der Waals surface area contributed by atoms with Gasteiger partial charge in [-0.1, -0.05) is 0 Å². The van der Waals surface area contributed by atoms with Gasteiger partial charge in [0.1, 0.15) is 0 Å². The number of nitrogens with one attached hydrogen (secondary N) is 1. The van der Waals surface area contributed by atoms with E-state index >= 15 is 0 Å². The first-order valence-electron chi connectivity index (χ1n) is 8.41. The first kappa shape index (κ1) is 16.2. The Kier molecular flexibility index (Phi) is 4.75. The van der Waals surface area contributed by atoms with E-state index in [0.717, 1.165) is 38.7 Å². The maximum atomic E-state index is 12.4. The minimum atomic E-state index is -3.19. The standard InChI is InChI=1S/C15H26N2O4S/c1-2-22(19,20)17-7-3-5-11(10-17)15(18)16-13-9-12(13)14-6-4-8-21-14/h11-14H,2-10H2,1H3,(H,16,18)/t11?,12-,13-,14?/m1/s1. The van der Waals surface area contributed by atoms with Crippen molar-refractivity contribution in [2.75, 3.05) is 25.4 Å². The van der Waals surface area contributed by atoms with E-state index in [2.05, 4.69) is 5.32 Å². The van der Waals surface area contributed by atoms with Gasteiger partial charge in [-0.05, 0) is 39.0 Å². The van der Waals surface area contributed by atoms with Gasteiger partial charge >= 0.3 is 0 Å². The minimum Gasteiger partial charge on any atom is -0.378 e. The predicted octanol–water partition coefficient (Wildman–Crippen LogP) is 0.732. The molecule has 2 unspecified atom stereocenters. The molecule has 2 heterocycles. The molecular weight excluding hydrogens is 304 g/mol. The summed E-state index contributed by atoms with van der Waals surface area (Å²) in [7, 11) is -3.19. The minimum absolute atomic E-state index is 0.0153. The lowest BCUT2D eigenvalue weighted by atomic mass is 9.99. The zero-order chi connectivity index (χ0) is 15.7. The van der Waals surface area contributed by atoms with Crippen LogP contribution in [-0.4, -0.2) is 56.2 Å². The van der Waals surface area contributed by atoms with Crippen molar-refractivity contribution in [3.05, 3.63) is 0 Å². The Labute approximate surface area is 132 Å². The summed E-state index contributed by atoms with van der Waals surface area (Å²) in [4.78, 5) is 12.4. The monoisotopic (exact) mass is 330 g/mol. The third-order valence-electron chi connectivity index (χ3n) is 5.12. The molecule has 2 aliphatic heterocycles. The van der Waals surface area contributed by atoms with E-state index in [9.17, 15) is 13.2 Å². The van der Waals surface area contributed by atoms with Crippen molar-refractivity contribution in [2.24, 2.45) is 11.8 Å². The van der Waals surface area contributed by atoms with Crippen molar-refractivity contribution in [3.63, 3.8) is 0 Å². The lowest BCUT2D eigenvalue weighted by Gasteiger charge is -2.31. The fourth-order valence-corrected chi connectivity index (χ4v) is 4.80. The molecule has 0 aromatic rings. The number of amides is 1. The maximum absolute atomic E-state index is 12.4. The van der Waals surface area contributed by atoms with Crippen molar-refractivity contribution in [1.82, 2.24) is 9.62 Å². The average molecular weight is 330 g/mol. The lowest BCUT2D eigenvalue weighted by molar-refractivity contribution is -0.126. The highest BCUT2D eigenvalue weighted by molar-refractivity contribution is 7.89. The third kappa shape index (κ3) is 3.46. The zero-order valence-electron chi connectivity index (χ0n) is 13.2. The number of piperidine rings is 1. The van der Waals surface area contributed by atoms with E-state index in [0.29, 0.717) is 25.1 Å². The van der Waals surface area contributed by atoms with Crippen LogP contribution in [0.4, 0.5) is 0 Å². The smallest absolute Gasteiger partial charge is 0.224 e. The molecule has 1 N–H and O–H groups in total. The molecule has 0 spiro atoms. The molecule has 7 heteroatoms. The number of ether oxygens (including phenoxy) is 1. The van der Waals surface area contributed by atoms with Crippen molar-refractivity contribution in [2.45, 2.75) is 51.2 Å². The molecule has 1 aliphatic carbocycles. The number of hydrogen-bond donors (Lipinski definition) is 1. The molecule has 4 atom stereocenters. The SMILES string of the molecule is CCS(=O)(=O)N1CCCC(C(=O)N[C@@H]2C[C@H]2C2CCCO2)C1. The van der Waals surface area contributed by atoms with E-state index in [1.807, 2.05) is 0 Å². The molecule has 1 amide bonds. The van der Waals surface area contributed by atoms with Gasteiger partial charge in [0.05, 0.1) is 17.8 Å². The van der Waals surface area contributed by atoms with Gasteiger partial charge in [-0.15, -0.1) is 0 Å². The predicted molar refractivity (Wildman–Crippen MR) is 82.8 cm³/mol. The molecule has 1 saturated carbocycles. The van der Waals surface area contributed by atoms with Gasteiger partial charge in [-0.2, -0.15) is 0 Å². The van der Waals surface area contributed by atoms with Crippen LogP contribution in [0.3, 0.4) is 0 Å². The Hall–Kier alpha value is -0.660. The van der Waals surface area contributed by atoms with E-state index in [-0.39, 0.29) is 23.6 Å². The van der Waals surface area contributed by atoms with Crippen LogP contribution < -0.4 is 5.32 Å². The van der Waals surface area contributed by atoms with Gasteiger partial charge in [-0.25, -0.2) is 12.7 Å². The normalized spacial score (nSPS) is 36.2. The van der Waals surface area contributed by atoms with Crippen molar-refractivity contribution in [3.8, 4) is 0 Å². The van der Waals surface area contributed by atoms with Gasteiger partial charge in [0, 0.05) is 31.7 Å². The Bertz CT molecular complexity index is 516. The number of hydrogen-bond acceptors (Lipinski definition) is 4. The molecule has 0 radical (unpaired) electrons. The molecule has 0 aromatic heterocycles. The zero-order valence-corrected chi connectivity index (χ0v) is 14.0. The molecule has 126 valence electrons. The first-order chi connectivity index (χ1) is 10.5. The third-order valence-corrected chi connectivity index (χ3v) is 6.97. The topological polar surface area (TPSA) is 75.7 Å². The van der Waals surface area contributed by atoms with Gasteiger partial charge < -0.3 is 10.1 Å². The Morgan fingerprint density at radius 1 is 1.32 bits per heavy atom. The van der Waals surface area contributed by atoms with E-state index in [1.165, 1.54) is 4.31 Å². The lowest BCUT2D eigenvalue weighted by Crippen LogP contribution is -2.46. The van der Waals surface area contributed by atoms with E-state index < -0.39 is 10.0 Å². The molecular formula is C15H26N2O4S. The molecule has 6 nitrogen and oxygen atoms in total. The van der Waals surface area contributed by atoms with Crippen LogP contribution >= 0.6 is 0 Å². The quantitative estimate of drug-likeness (QED) is 0.806. The van der Waals surface area contributed by atoms with Crippen LogP contribution in [0.25, 0.3) is 0 Å². The number of sulfonamides is 1. The maximum Gasteiger partial charge on any atom is 0.224 e. The fourth-order valence-electron chi connectivity index (χ4n) is 3.62. The second-order valence-corrected chi connectivity index (χ2v) is 8.92. The summed E-state index contributed by atoms with van der Waals surface area (Å²) in [5.41, 5.74) is 0. The second-order valence-electron chi connectivity index (χ2n) is 6.66. The van der Waals surface area contributed by atoms with Gasteiger partial charge in [0.25, 0.3) is 0 Å². The fraction of sp³-hybridized carbons (Fsp3) is 0.933. The summed E-state index contributed by atoms with van der Waals surface area (Å²) < 4.78 is 31.1. The number of rotatable bonds is 5. The molecule has 22 heavy (non-hydrogen) atoms. The highest BCUT2D eigenvalue weighted by atomic mass is 32.2. The summed E-state index contributed by atoms with van der Waals surface area (Å²) in [6.45, 7) is 3.37.